The van der Waals surface area contributed by atoms with Crippen LogP contribution in [0.25, 0.3) is 0 Å². The molecule has 80 valence electrons. The van der Waals surface area contributed by atoms with Crippen LogP contribution in [0.2, 0.25) is 0 Å². The predicted octanol–water partition coefficient (Wildman–Crippen LogP) is 2.95. The van der Waals surface area contributed by atoms with Gasteiger partial charge in [0.05, 0.1) is 0 Å². The Labute approximate surface area is 94.1 Å². The van der Waals surface area contributed by atoms with Crippen LogP contribution in [0, 0.1) is 6.92 Å². The van der Waals surface area contributed by atoms with Gasteiger partial charge in [-0.15, -0.1) is 0 Å². The van der Waals surface area contributed by atoms with E-state index in [0.717, 1.165) is 17.8 Å². The average Bonchev–Trinajstić information content (AvgIpc) is 2.33. The van der Waals surface area contributed by atoms with Crippen LogP contribution < -0.4 is 5.32 Å². The zero-order valence-corrected chi connectivity index (χ0v) is 8.97. The molecule has 1 aromatic heterocycles. The molecule has 0 saturated heterocycles. The topological polar surface area (TPSA) is 42.0 Å². The quantitative estimate of drug-likeness (QED) is 0.795. The van der Waals surface area contributed by atoms with Crippen molar-refractivity contribution in [2.45, 2.75) is 6.92 Å². The lowest BCUT2D eigenvalue weighted by Crippen LogP contribution is -1.93. The molecule has 0 fully saturated rings. The van der Waals surface area contributed by atoms with Crippen molar-refractivity contribution in [1.29, 1.82) is 0 Å². The minimum absolute atomic E-state index is 0.578. The van der Waals surface area contributed by atoms with E-state index >= 15 is 0 Å². The first-order chi connectivity index (χ1) is 7.78. The lowest BCUT2D eigenvalue weighted by Gasteiger charge is -2.05. The number of carbonyl (C=O) groups excluding carboxylic acids is 1. The zero-order valence-electron chi connectivity index (χ0n) is 8.97. The molecule has 0 saturated carbocycles. The van der Waals surface area contributed by atoms with E-state index in [0.29, 0.717) is 5.56 Å². The number of aromatic nitrogens is 1. The molecule has 1 N–H and O–H groups in total. The Hall–Kier alpha value is -2.16. The molecule has 2 aromatic rings. The molecule has 0 amide bonds. The van der Waals surface area contributed by atoms with Gasteiger partial charge >= 0.3 is 0 Å². The number of rotatable bonds is 3. The highest BCUT2D eigenvalue weighted by atomic mass is 16.1. The van der Waals surface area contributed by atoms with Gasteiger partial charge in [-0.3, -0.25) is 4.79 Å². The van der Waals surface area contributed by atoms with Crippen LogP contribution in [0.5, 0.6) is 0 Å². The largest absolute Gasteiger partial charge is 0.340 e. The van der Waals surface area contributed by atoms with Crippen molar-refractivity contribution in [2.75, 3.05) is 5.32 Å². The van der Waals surface area contributed by atoms with Gasteiger partial charge in [0.2, 0.25) is 0 Å². The van der Waals surface area contributed by atoms with Gasteiger partial charge in [-0.25, -0.2) is 4.98 Å². The summed E-state index contributed by atoms with van der Waals surface area (Å²) in [5.41, 5.74) is 2.78. The smallest absolute Gasteiger partial charge is 0.151 e. The van der Waals surface area contributed by atoms with Gasteiger partial charge in [0.1, 0.15) is 5.82 Å². The van der Waals surface area contributed by atoms with Crippen LogP contribution in [0.15, 0.2) is 42.6 Å². The number of hydrogen-bond acceptors (Lipinski definition) is 3. The molecule has 0 bridgehead atoms. The first kappa shape index (κ1) is 10.4. The lowest BCUT2D eigenvalue weighted by molar-refractivity contribution is 0.112. The lowest BCUT2D eigenvalue weighted by atomic mass is 10.2. The van der Waals surface area contributed by atoms with E-state index in [1.165, 1.54) is 5.56 Å². The summed E-state index contributed by atoms with van der Waals surface area (Å²) in [5.74, 6) is 0.731. The van der Waals surface area contributed by atoms with E-state index < -0.39 is 0 Å². The molecular formula is C13H12N2O. The molecule has 3 heteroatoms. The Morgan fingerprint density at radius 3 is 2.44 bits per heavy atom. The maximum absolute atomic E-state index is 10.5. The molecule has 0 aliphatic heterocycles. The number of pyridine rings is 1. The Morgan fingerprint density at radius 1 is 1.12 bits per heavy atom. The molecule has 0 aliphatic carbocycles. The molecule has 16 heavy (non-hydrogen) atoms. The van der Waals surface area contributed by atoms with Gasteiger partial charge in [-0.2, -0.15) is 0 Å². The number of benzene rings is 1. The molecule has 0 spiro atoms. The van der Waals surface area contributed by atoms with E-state index in [1.807, 2.05) is 31.2 Å². The molecule has 1 heterocycles. The summed E-state index contributed by atoms with van der Waals surface area (Å²) >= 11 is 0. The first-order valence-electron chi connectivity index (χ1n) is 5.03. The van der Waals surface area contributed by atoms with Crippen molar-refractivity contribution < 1.29 is 4.79 Å². The third kappa shape index (κ3) is 2.45. The van der Waals surface area contributed by atoms with E-state index in [1.54, 1.807) is 18.3 Å². The van der Waals surface area contributed by atoms with Crippen molar-refractivity contribution in [2.24, 2.45) is 0 Å². The Kier molecular flexibility index (Phi) is 2.96. The fraction of sp³-hybridized carbons (Fsp3) is 0.0769. The molecule has 1 aromatic carbocycles. The standard InChI is InChI=1S/C13H12N2O/c1-10-2-5-12(6-3-10)15-13-7-4-11(9-16)8-14-13/h2-9H,1H3,(H,14,15). The molecule has 0 atom stereocenters. The number of nitrogens with zero attached hydrogens (tertiary/aromatic N) is 1. The van der Waals surface area contributed by atoms with Crippen molar-refractivity contribution in [3.8, 4) is 0 Å². The summed E-state index contributed by atoms with van der Waals surface area (Å²) in [4.78, 5) is 14.6. The van der Waals surface area contributed by atoms with Crippen LogP contribution in [-0.4, -0.2) is 11.3 Å². The van der Waals surface area contributed by atoms with Crippen molar-refractivity contribution in [3.63, 3.8) is 0 Å². The fourth-order valence-electron chi connectivity index (χ4n) is 1.33. The number of anilines is 2. The number of nitrogens with one attached hydrogen (secondary N) is 1. The highest BCUT2D eigenvalue weighted by molar-refractivity contribution is 5.74. The summed E-state index contributed by atoms with van der Waals surface area (Å²) in [6.07, 6.45) is 2.33. The highest BCUT2D eigenvalue weighted by Gasteiger charge is 1.96. The van der Waals surface area contributed by atoms with Crippen molar-refractivity contribution in [3.05, 3.63) is 53.7 Å². The summed E-state index contributed by atoms with van der Waals surface area (Å²) < 4.78 is 0. The number of aryl methyl sites for hydroxylation is 1. The monoisotopic (exact) mass is 212 g/mol. The van der Waals surface area contributed by atoms with E-state index in [4.69, 9.17) is 0 Å². The van der Waals surface area contributed by atoms with E-state index in [9.17, 15) is 4.79 Å². The van der Waals surface area contributed by atoms with Crippen LogP contribution in [0.4, 0.5) is 11.5 Å². The second-order valence-corrected chi connectivity index (χ2v) is 3.59. The Morgan fingerprint density at radius 2 is 1.88 bits per heavy atom. The summed E-state index contributed by atoms with van der Waals surface area (Å²) in [5, 5.41) is 3.16. The molecule has 3 nitrogen and oxygen atoms in total. The Balaban J connectivity index is 2.14. The van der Waals surface area contributed by atoms with Crippen molar-refractivity contribution >= 4 is 17.8 Å². The normalized spacial score (nSPS) is 9.81. The van der Waals surface area contributed by atoms with Gasteiger partial charge in [-0.05, 0) is 31.2 Å². The molecule has 0 radical (unpaired) electrons. The third-order valence-electron chi connectivity index (χ3n) is 2.25. The maximum atomic E-state index is 10.5. The zero-order chi connectivity index (χ0) is 11.4. The molecule has 0 unspecified atom stereocenters. The minimum Gasteiger partial charge on any atom is -0.340 e. The third-order valence-corrected chi connectivity index (χ3v) is 2.25. The highest BCUT2D eigenvalue weighted by Crippen LogP contribution is 2.14. The summed E-state index contributed by atoms with van der Waals surface area (Å²) in [6.45, 7) is 2.04. The predicted molar refractivity (Wildman–Crippen MR) is 64.1 cm³/mol. The van der Waals surface area contributed by atoms with Gasteiger partial charge in [0, 0.05) is 17.4 Å². The van der Waals surface area contributed by atoms with Crippen molar-refractivity contribution in [1.82, 2.24) is 4.98 Å². The van der Waals surface area contributed by atoms with Gasteiger partial charge in [-0.1, -0.05) is 17.7 Å². The van der Waals surface area contributed by atoms with Gasteiger partial charge in [0.15, 0.2) is 6.29 Å². The first-order valence-corrected chi connectivity index (χ1v) is 5.03. The summed E-state index contributed by atoms with van der Waals surface area (Å²) in [6, 6.07) is 11.6. The fourth-order valence-corrected chi connectivity index (χ4v) is 1.33. The van der Waals surface area contributed by atoms with Crippen LogP contribution in [0.3, 0.4) is 0 Å². The second-order valence-electron chi connectivity index (χ2n) is 3.59. The van der Waals surface area contributed by atoms with E-state index in [-0.39, 0.29) is 0 Å². The number of hydrogen-bond donors (Lipinski definition) is 1. The second kappa shape index (κ2) is 4.57. The average molecular weight is 212 g/mol. The SMILES string of the molecule is Cc1ccc(Nc2ccc(C=O)cn2)cc1. The Bertz CT molecular complexity index is 474. The van der Waals surface area contributed by atoms with Gasteiger partial charge < -0.3 is 5.32 Å². The molecule has 2 rings (SSSR count). The minimum atomic E-state index is 0.578. The van der Waals surface area contributed by atoms with Crippen LogP contribution >= 0.6 is 0 Å². The molecular weight excluding hydrogens is 200 g/mol. The molecule has 0 aliphatic rings. The summed E-state index contributed by atoms with van der Waals surface area (Å²) in [7, 11) is 0. The number of aldehydes is 1. The van der Waals surface area contributed by atoms with E-state index in [2.05, 4.69) is 10.3 Å². The number of carbonyl (C=O) groups is 1. The maximum Gasteiger partial charge on any atom is 0.151 e. The van der Waals surface area contributed by atoms with Gasteiger partial charge in [0.25, 0.3) is 0 Å². The van der Waals surface area contributed by atoms with Crippen LogP contribution in [-0.2, 0) is 0 Å². The van der Waals surface area contributed by atoms with Crippen LogP contribution in [0.1, 0.15) is 15.9 Å².